The van der Waals surface area contributed by atoms with Gasteiger partial charge in [-0.3, -0.25) is 4.79 Å². The minimum absolute atomic E-state index is 0.00268. The summed E-state index contributed by atoms with van der Waals surface area (Å²) in [4.78, 5) is 25.6. The number of carbonyl (C=O) groups excluding carboxylic acids is 1. The van der Waals surface area contributed by atoms with E-state index in [2.05, 4.69) is 25.6 Å². The topological polar surface area (TPSA) is 169 Å². The van der Waals surface area contributed by atoms with Gasteiger partial charge in [-0.15, -0.1) is 0 Å². The van der Waals surface area contributed by atoms with Gasteiger partial charge < -0.3 is 41.0 Å². The number of halogens is 1. The summed E-state index contributed by atoms with van der Waals surface area (Å²) >= 11 is 0. The molecule has 2 atom stereocenters. The van der Waals surface area contributed by atoms with Crippen LogP contribution in [0.3, 0.4) is 0 Å². The first-order chi connectivity index (χ1) is 18.9. The van der Waals surface area contributed by atoms with Gasteiger partial charge in [-0.05, 0) is 37.1 Å². The maximum atomic E-state index is 14.9. The number of fused-ring (bicyclic) bond motifs is 1. The lowest BCUT2D eigenvalue weighted by Crippen LogP contribution is -2.43. The number of rotatable bonds is 13. The molecule has 0 aliphatic heterocycles. The predicted molar refractivity (Wildman–Crippen MR) is 144 cm³/mol. The largest absolute Gasteiger partial charge is 0.471 e. The average molecular weight is 544 g/mol. The number of methoxy groups -OCH3 is 2. The maximum absolute atomic E-state index is 14.9. The first kappa shape index (κ1) is 28.2. The van der Waals surface area contributed by atoms with E-state index >= 15 is 0 Å². The molecule has 4 rings (SSSR count). The second-order valence-electron chi connectivity index (χ2n) is 9.12. The van der Waals surface area contributed by atoms with Crippen molar-refractivity contribution in [2.45, 2.75) is 37.8 Å². The van der Waals surface area contributed by atoms with Crippen molar-refractivity contribution in [3.8, 4) is 11.8 Å². The van der Waals surface area contributed by atoms with Gasteiger partial charge in [-0.1, -0.05) is 12.8 Å². The van der Waals surface area contributed by atoms with Gasteiger partial charge >= 0.3 is 0 Å². The smallest absolute Gasteiger partial charge is 0.278 e. The number of hydrogen-bond acceptors (Lipinski definition) is 11. The average Bonchev–Trinajstić information content (AvgIpc) is 2.92. The number of pyridine rings is 1. The number of amides is 1. The van der Waals surface area contributed by atoms with Gasteiger partial charge in [-0.25, -0.2) is 19.3 Å². The summed E-state index contributed by atoms with van der Waals surface area (Å²) < 4.78 is 36.4. The molecule has 210 valence electrons. The summed E-state index contributed by atoms with van der Waals surface area (Å²) in [5, 5.41) is 6.17. The van der Waals surface area contributed by atoms with E-state index in [0.717, 1.165) is 31.7 Å². The molecule has 0 spiro atoms. The van der Waals surface area contributed by atoms with Crippen LogP contribution in [0.5, 0.6) is 11.8 Å². The molecule has 6 N–H and O–H groups in total. The molecular weight excluding hydrogens is 509 g/mol. The Morgan fingerprint density at radius 2 is 1.62 bits per heavy atom. The van der Waals surface area contributed by atoms with E-state index in [9.17, 15) is 9.18 Å². The van der Waals surface area contributed by atoms with Gasteiger partial charge in [0.25, 0.3) is 17.7 Å². The highest BCUT2D eigenvalue weighted by molar-refractivity contribution is 5.99. The molecule has 12 nitrogen and oxygen atoms in total. The van der Waals surface area contributed by atoms with Crippen molar-refractivity contribution in [2.75, 3.05) is 51.3 Å². The molecule has 1 unspecified atom stereocenters. The number of nitrogens with two attached hydrogens (primary N) is 2. The van der Waals surface area contributed by atoms with Crippen LogP contribution in [0.25, 0.3) is 11.0 Å². The lowest BCUT2D eigenvalue weighted by atomic mass is 9.91. The Balaban J connectivity index is 1.63. The highest BCUT2D eigenvalue weighted by atomic mass is 19.1. The van der Waals surface area contributed by atoms with Crippen molar-refractivity contribution in [1.29, 1.82) is 0 Å². The normalized spacial score (nSPS) is 17.1. The quantitative estimate of drug-likeness (QED) is 0.234. The molecule has 1 saturated carbocycles. The number of hydrogen-bond donors (Lipinski definition) is 4. The second kappa shape index (κ2) is 13.3. The van der Waals surface area contributed by atoms with E-state index in [1.807, 2.05) is 0 Å². The summed E-state index contributed by atoms with van der Waals surface area (Å²) in [6, 6.07) is 5.98. The molecule has 1 aromatic carbocycles. The van der Waals surface area contributed by atoms with Crippen LogP contribution in [0.1, 0.15) is 36.0 Å². The van der Waals surface area contributed by atoms with Crippen molar-refractivity contribution < 1.29 is 28.1 Å². The summed E-state index contributed by atoms with van der Waals surface area (Å²) in [5.74, 6) is -0.992. The third kappa shape index (κ3) is 7.19. The van der Waals surface area contributed by atoms with Crippen LogP contribution < -0.4 is 31.6 Å². The third-order valence-corrected chi connectivity index (χ3v) is 6.30. The molecular formula is C26H34FN7O5. The monoisotopic (exact) mass is 543 g/mol. The molecule has 1 aliphatic rings. The lowest BCUT2D eigenvalue weighted by Gasteiger charge is -2.30. The Bertz CT molecular complexity index is 1300. The minimum atomic E-state index is -0.822. The SMILES string of the molecule is COCCOc1nc2ccc(Nc3nc(NC4CCCC[C@@H]4N)c(F)cc3C(N)=O)cc2nc1OCCOC. The summed E-state index contributed by atoms with van der Waals surface area (Å²) in [6.07, 6.45) is 3.68. The number of benzene rings is 1. The molecule has 0 bridgehead atoms. The molecule has 2 heterocycles. The zero-order valence-corrected chi connectivity index (χ0v) is 22.0. The van der Waals surface area contributed by atoms with Crippen LogP contribution in [0, 0.1) is 5.82 Å². The number of nitrogens with zero attached hydrogens (tertiary/aromatic N) is 3. The van der Waals surface area contributed by atoms with E-state index in [4.69, 9.17) is 30.4 Å². The third-order valence-electron chi connectivity index (χ3n) is 6.30. The number of nitrogens with one attached hydrogen (secondary N) is 2. The van der Waals surface area contributed by atoms with Gasteiger partial charge in [0.2, 0.25) is 0 Å². The van der Waals surface area contributed by atoms with E-state index in [1.165, 1.54) is 0 Å². The van der Waals surface area contributed by atoms with E-state index in [1.54, 1.807) is 32.4 Å². The second-order valence-corrected chi connectivity index (χ2v) is 9.12. The number of carbonyl (C=O) groups is 1. The Kier molecular flexibility index (Phi) is 9.63. The standard InChI is InChI=1S/C26H34FN7O5/c1-36-9-11-38-25-26(39-12-10-37-2)33-21-13-15(7-8-20(21)32-25)30-23-16(22(29)35)14-17(27)24(34-23)31-19-6-4-3-5-18(19)28/h7-8,13-14,18-19H,3-6,9-12,28H2,1-2H3,(H2,29,35)(H2,30,31,34)/t18-,19?/m0/s1. The fraction of sp³-hybridized carbons (Fsp3) is 0.462. The van der Waals surface area contributed by atoms with Gasteiger partial charge in [0.05, 0.1) is 29.8 Å². The fourth-order valence-electron chi connectivity index (χ4n) is 4.26. The Morgan fingerprint density at radius 3 is 2.26 bits per heavy atom. The first-order valence-corrected chi connectivity index (χ1v) is 12.7. The van der Waals surface area contributed by atoms with Crippen molar-refractivity contribution in [2.24, 2.45) is 11.5 Å². The Labute approximate surface area is 225 Å². The van der Waals surface area contributed by atoms with Crippen molar-refractivity contribution in [1.82, 2.24) is 15.0 Å². The van der Waals surface area contributed by atoms with Crippen LogP contribution in [0.4, 0.5) is 21.7 Å². The molecule has 39 heavy (non-hydrogen) atoms. The summed E-state index contributed by atoms with van der Waals surface area (Å²) in [7, 11) is 3.14. The van der Waals surface area contributed by atoms with Crippen LogP contribution in [0.2, 0.25) is 0 Å². The number of ether oxygens (including phenoxy) is 4. The van der Waals surface area contributed by atoms with E-state index < -0.39 is 11.7 Å². The molecule has 2 aromatic heterocycles. The first-order valence-electron chi connectivity index (χ1n) is 12.7. The molecule has 13 heteroatoms. The number of primary amides is 1. The molecule has 1 fully saturated rings. The summed E-state index contributed by atoms with van der Waals surface area (Å²) in [5.41, 5.74) is 13.2. The van der Waals surface area contributed by atoms with Gasteiger partial charge in [0.1, 0.15) is 19.0 Å². The lowest BCUT2D eigenvalue weighted by molar-refractivity contribution is 0.100. The molecule has 3 aromatic rings. The Hall–Kier alpha value is -3.81. The summed E-state index contributed by atoms with van der Waals surface area (Å²) in [6.45, 7) is 1.24. The van der Waals surface area contributed by atoms with Crippen molar-refractivity contribution in [3.63, 3.8) is 0 Å². The minimum Gasteiger partial charge on any atom is -0.471 e. The highest BCUT2D eigenvalue weighted by Crippen LogP contribution is 2.30. The maximum Gasteiger partial charge on any atom is 0.278 e. The van der Waals surface area contributed by atoms with Gasteiger partial charge in [0.15, 0.2) is 11.6 Å². The number of aromatic nitrogens is 3. The van der Waals surface area contributed by atoms with Crippen LogP contribution in [0.15, 0.2) is 24.3 Å². The van der Waals surface area contributed by atoms with Crippen molar-refractivity contribution >= 4 is 34.3 Å². The Morgan fingerprint density at radius 1 is 0.949 bits per heavy atom. The van der Waals surface area contributed by atoms with Crippen molar-refractivity contribution in [3.05, 3.63) is 35.6 Å². The molecule has 0 radical (unpaired) electrons. The van der Waals surface area contributed by atoms with Crippen LogP contribution >= 0.6 is 0 Å². The fourth-order valence-corrected chi connectivity index (χ4v) is 4.26. The zero-order valence-electron chi connectivity index (χ0n) is 22.0. The molecule has 1 amide bonds. The molecule has 1 aliphatic carbocycles. The van der Waals surface area contributed by atoms with Crippen LogP contribution in [-0.4, -0.2) is 73.6 Å². The number of anilines is 3. The van der Waals surface area contributed by atoms with Gasteiger partial charge in [-0.2, -0.15) is 0 Å². The predicted octanol–water partition coefficient (Wildman–Crippen LogP) is 2.74. The molecule has 0 saturated heterocycles. The van der Waals surface area contributed by atoms with Gasteiger partial charge in [0, 0.05) is 32.0 Å². The van der Waals surface area contributed by atoms with Crippen LogP contribution in [-0.2, 0) is 9.47 Å². The highest BCUT2D eigenvalue weighted by Gasteiger charge is 2.24. The zero-order chi connectivity index (χ0) is 27.8. The van der Waals surface area contributed by atoms with E-state index in [-0.39, 0.29) is 54.3 Å². The van der Waals surface area contributed by atoms with E-state index in [0.29, 0.717) is 29.9 Å².